The second-order valence-electron chi connectivity index (χ2n) is 7.94. The van der Waals surface area contributed by atoms with Gasteiger partial charge in [-0.25, -0.2) is 31.1 Å². The van der Waals surface area contributed by atoms with Gasteiger partial charge in [0, 0.05) is 31.0 Å². The first kappa shape index (κ1) is 21.6. The van der Waals surface area contributed by atoms with Crippen molar-refractivity contribution in [2.24, 2.45) is 0 Å². The van der Waals surface area contributed by atoms with Crippen LogP contribution >= 0.6 is 0 Å². The second kappa shape index (κ2) is 7.83. The van der Waals surface area contributed by atoms with Crippen LogP contribution in [0.1, 0.15) is 24.8 Å². The minimum absolute atomic E-state index is 0.0394. The van der Waals surface area contributed by atoms with E-state index in [9.17, 15) is 27.1 Å². The SMILES string of the molecule is O=C(O)N1CC[C@H](NS(=O)(=O)C2(F)CC2)[C@@H]1Cc1cccc(-c2cccc(F)c2)c1F. The van der Waals surface area contributed by atoms with E-state index in [0.29, 0.717) is 5.56 Å². The summed E-state index contributed by atoms with van der Waals surface area (Å²) in [5, 5.41) is 7.20. The molecular formula is C21H21F3N2O4S. The van der Waals surface area contributed by atoms with E-state index >= 15 is 4.39 Å². The topological polar surface area (TPSA) is 86.7 Å². The van der Waals surface area contributed by atoms with Crippen LogP contribution in [-0.2, 0) is 16.4 Å². The van der Waals surface area contributed by atoms with Crippen molar-refractivity contribution in [3.05, 3.63) is 59.7 Å². The van der Waals surface area contributed by atoms with E-state index in [4.69, 9.17) is 0 Å². The lowest BCUT2D eigenvalue weighted by molar-refractivity contribution is 0.137. The molecule has 4 rings (SSSR count). The Bertz CT molecular complexity index is 1120. The fraction of sp³-hybridized carbons (Fsp3) is 0.381. The molecule has 1 amide bonds. The Morgan fingerprint density at radius 2 is 1.90 bits per heavy atom. The number of halogens is 3. The van der Waals surface area contributed by atoms with E-state index < -0.39 is 44.8 Å². The molecule has 1 aliphatic carbocycles. The Balaban J connectivity index is 1.63. The number of likely N-dealkylation sites (tertiary alicyclic amines) is 1. The van der Waals surface area contributed by atoms with Gasteiger partial charge in [0.1, 0.15) is 11.6 Å². The zero-order chi connectivity index (χ0) is 22.4. The number of nitrogens with one attached hydrogen (secondary N) is 1. The molecule has 6 nitrogen and oxygen atoms in total. The third kappa shape index (κ3) is 4.14. The number of hydrogen-bond acceptors (Lipinski definition) is 3. The minimum atomic E-state index is -4.28. The predicted molar refractivity (Wildman–Crippen MR) is 108 cm³/mol. The number of carbonyl (C=O) groups is 1. The molecule has 2 fully saturated rings. The Morgan fingerprint density at radius 1 is 1.19 bits per heavy atom. The van der Waals surface area contributed by atoms with Crippen molar-refractivity contribution >= 4 is 16.1 Å². The average Bonchev–Trinajstić information content (AvgIpc) is 3.36. The molecule has 1 heterocycles. The molecule has 0 spiro atoms. The number of benzene rings is 2. The Labute approximate surface area is 177 Å². The lowest BCUT2D eigenvalue weighted by Crippen LogP contribution is -2.49. The number of hydrogen-bond donors (Lipinski definition) is 2. The summed E-state index contributed by atoms with van der Waals surface area (Å²) in [5.74, 6) is -1.17. The monoisotopic (exact) mass is 454 g/mol. The lowest BCUT2D eigenvalue weighted by atomic mass is 9.96. The van der Waals surface area contributed by atoms with Crippen molar-refractivity contribution in [1.29, 1.82) is 0 Å². The molecule has 2 aliphatic rings. The van der Waals surface area contributed by atoms with Gasteiger partial charge in [-0.2, -0.15) is 0 Å². The first-order valence-electron chi connectivity index (χ1n) is 9.85. The highest BCUT2D eigenvalue weighted by atomic mass is 32.2. The fourth-order valence-corrected chi connectivity index (χ4v) is 5.52. The number of carboxylic acid groups (broad SMARTS) is 1. The molecule has 0 aromatic heterocycles. The van der Waals surface area contributed by atoms with Gasteiger partial charge < -0.3 is 10.0 Å². The molecule has 1 saturated heterocycles. The van der Waals surface area contributed by atoms with Gasteiger partial charge in [0.2, 0.25) is 15.0 Å². The molecule has 10 heteroatoms. The highest BCUT2D eigenvalue weighted by molar-refractivity contribution is 7.91. The van der Waals surface area contributed by atoms with Crippen molar-refractivity contribution in [2.45, 2.75) is 42.8 Å². The van der Waals surface area contributed by atoms with Gasteiger partial charge in [0.25, 0.3) is 0 Å². The maximum atomic E-state index is 15.2. The zero-order valence-corrected chi connectivity index (χ0v) is 17.2. The van der Waals surface area contributed by atoms with Crippen LogP contribution in [0.15, 0.2) is 42.5 Å². The predicted octanol–water partition coefficient (Wildman–Crippen LogP) is 3.67. The number of nitrogens with zero attached hydrogens (tertiary/aromatic N) is 1. The molecule has 0 radical (unpaired) electrons. The largest absolute Gasteiger partial charge is 0.465 e. The van der Waals surface area contributed by atoms with Gasteiger partial charge in [-0.15, -0.1) is 0 Å². The van der Waals surface area contributed by atoms with Crippen LogP contribution in [-0.4, -0.2) is 48.1 Å². The minimum Gasteiger partial charge on any atom is -0.465 e. The summed E-state index contributed by atoms with van der Waals surface area (Å²) in [6, 6.07) is 8.17. The number of amides is 1. The summed E-state index contributed by atoms with van der Waals surface area (Å²) in [4.78, 5) is 12.7. The number of rotatable bonds is 6. The summed E-state index contributed by atoms with van der Waals surface area (Å²) in [7, 11) is -4.28. The normalized spacial score (nSPS) is 22.5. The quantitative estimate of drug-likeness (QED) is 0.697. The van der Waals surface area contributed by atoms with E-state index in [0.717, 1.165) is 4.90 Å². The number of alkyl halides is 1. The van der Waals surface area contributed by atoms with Gasteiger partial charge in [-0.1, -0.05) is 30.3 Å². The Hall–Kier alpha value is -2.59. The molecule has 1 aliphatic heterocycles. The van der Waals surface area contributed by atoms with E-state index in [-0.39, 0.29) is 43.4 Å². The summed E-state index contributed by atoms with van der Waals surface area (Å²) < 4.78 is 70.0. The van der Waals surface area contributed by atoms with Gasteiger partial charge in [-0.05, 0) is 36.1 Å². The van der Waals surface area contributed by atoms with Crippen LogP contribution in [0.2, 0.25) is 0 Å². The third-order valence-electron chi connectivity index (χ3n) is 5.87. The summed E-state index contributed by atoms with van der Waals surface area (Å²) >= 11 is 0. The van der Waals surface area contributed by atoms with Crippen LogP contribution in [0.5, 0.6) is 0 Å². The maximum absolute atomic E-state index is 15.2. The zero-order valence-electron chi connectivity index (χ0n) is 16.4. The summed E-state index contributed by atoms with van der Waals surface area (Å²) in [6.45, 7) is 0.0394. The van der Waals surface area contributed by atoms with Gasteiger partial charge in [0.15, 0.2) is 0 Å². The highest BCUT2D eigenvalue weighted by Gasteiger charge is 2.57. The Kier molecular flexibility index (Phi) is 5.47. The van der Waals surface area contributed by atoms with E-state index in [1.165, 1.54) is 30.3 Å². The molecule has 2 aromatic carbocycles. The van der Waals surface area contributed by atoms with Crippen molar-refractivity contribution in [1.82, 2.24) is 9.62 Å². The fourth-order valence-electron chi connectivity index (χ4n) is 3.99. The maximum Gasteiger partial charge on any atom is 0.407 e. The number of sulfonamides is 1. The molecule has 0 unspecified atom stereocenters. The molecule has 2 atom stereocenters. The molecule has 2 aromatic rings. The van der Waals surface area contributed by atoms with Gasteiger partial charge >= 0.3 is 6.09 Å². The molecule has 1 saturated carbocycles. The highest BCUT2D eigenvalue weighted by Crippen LogP contribution is 2.44. The third-order valence-corrected chi connectivity index (χ3v) is 7.85. The molecular weight excluding hydrogens is 433 g/mol. The van der Waals surface area contributed by atoms with Gasteiger partial charge in [-0.3, -0.25) is 0 Å². The first-order valence-corrected chi connectivity index (χ1v) is 11.3. The van der Waals surface area contributed by atoms with E-state index in [1.807, 2.05) is 0 Å². The van der Waals surface area contributed by atoms with Crippen molar-refractivity contribution in [3.8, 4) is 11.1 Å². The second-order valence-corrected chi connectivity index (χ2v) is 9.91. The molecule has 2 N–H and O–H groups in total. The van der Waals surface area contributed by atoms with Crippen LogP contribution in [0.3, 0.4) is 0 Å². The van der Waals surface area contributed by atoms with Crippen LogP contribution in [0.25, 0.3) is 11.1 Å². The Morgan fingerprint density at radius 3 is 2.55 bits per heavy atom. The average molecular weight is 454 g/mol. The standard InChI is InChI=1S/C21H21F3N2O4S/c22-15-5-1-3-13(11-15)16-6-2-4-14(19(16)23)12-18-17(7-10-26(18)20(27)28)25-31(29,30)21(24)8-9-21/h1-6,11,17-18,25H,7-10,12H2,(H,27,28)/t17-,18-/m0/s1. The van der Waals surface area contributed by atoms with Gasteiger partial charge in [0.05, 0.1) is 6.04 Å². The lowest BCUT2D eigenvalue weighted by Gasteiger charge is -2.27. The smallest absolute Gasteiger partial charge is 0.407 e. The van der Waals surface area contributed by atoms with Crippen molar-refractivity contribution in [3.63, 3.8) is 0 Å². The van der Waals surface area contributed by atoms with E-state index in [2.05, 4.69) is 4.72 Å². The molecule has 31 heavy (non-hydrogen) atoms. The van der Waals surface area contributed by atoms with Crippen LogP contribution < -0.4 is 4.72 Å². The van der Waals surface area contributed by atoms with Crippen LogP contribution in [0, 0.1) is 11.6 Å². The molecule has 0 bridgehead atoms. The molecule has 166 valence electrons. The van der Waals surface area contributed by atoms with E-state index in [1.54, 1.807) is 12.1 Å². The summed E-state index contributed by atoms with van der Waals surface area (Å²) in [6.07, 6.45) is -1.44. The van der Waals surface area contributed by atoms with Crippen molar-refractivity contribution in [2.75, 3.05) is 6.54 Å². The summed E-state index contributed by atoms with van der Waals surface area (Å²) in [5.41, 5.74) is 0.631. The van der Waals surface area contributed by atoms with Crippen LogP contribution in [0.4, 0.5) is 18.0 Å². The first-order chi connectivity index (χ1) is 14.6. The van der Waals surface area contributed by atoms with Crippen molar-refractivity contribution < 1.29 is 31.5 Å².